The summed E-state index contributed by atoms with van der Waals surface area (Å²) in [4.78, 5) is 13.7. The van der Waals surface area contributed by atoms with Gasteiger partial charge in [0.05, 0.1) is 18.6 Å². The molecule has 0 bridgehead atoms. The van der Waals surface area contributed by atoms with E-state index in [2.05, 4.69) is 10.6 Å². The van der Waals surface area contributed by atoms with Crippen LogP contribution in [0.1, 0.15) is 27.2 Å². The van der Waals surface area contributed by atoms with Crippen LogP contribution in [0.4, 0.5) is 8.78 Å². The van der Waals surface area contributed by atoms with Crippen LogP contribution < -0.4 is 10.6 Å². The van der Waals surface area contributed by atoms with Gasteiger partial charge in [0.25, 0.3) is 0 Å². The van der Waals surface area contributed by atoms with E-state index in [9.17, 15) is 18.7 Å². The number of nitrogens with zero attached hydrogens (tertiary/aromatic N) is 1. The maximum atomic E-state index is 13.0. The molecule has 1 saturated heterocycles. The van der Waals surface area contributed by atoms with Crippen molar-refractivity contribution in [3.63, 3.8) is 0 Å². The number of aliphatic hydroxyl groups excluding tert-OH is 1. The summed E-state index contributed by atoms with van der Waals surface area (Å²) in [6.45, 7) is 5.19. The molecule has 0 aromatic heterocycles. The molecule has 1 fully saturated rings. The Balaban J connectivity index is 2.68. The molecule has 0 aliphatic carbocycles. The van der Waals surface area contributed by atoms with E-state index in [1.165, 1.54) is 11.8 Å². The van der Waals surface area contributed by atoms with Crippen molar-refractivity contribution in [3.05, 3.63) is 36.5 Å². The summed E-state index contributed by atoms with van der Waals surface area (Å²) < 4.78 is 26.0. The van der Waals surface area contributed by atoms with Crippen LogP contribution in [-0.2, 0) is 4.79 Å². The fraction of sp³-hybridized carbons (Fsp3) is 0.562. The Morgan fingerprint density at radius 3 is 2.52 bits per heavy atom. The maximum Gasteiger partial charge on any atom is 0.307 e. The molecule has 0 spiro atoms. The van der Waals surface area contributed by atoms with Gasteiger partial charge in [0.2, 0.25) is 5.91 Å². The first kappa shape index (κ1) is 19.5. The molecular formula is C16H25F2N3O2. The smallest absolute Gasteiger partial charge is 0.307 e. The van der Waals surface area contributed by atoms with Crippen LogP contribution in [0.25, 0.3) is 0 Å². The SMILES string of the molecule is C\C=C/C=C\C=C\CN(C(=O)C(C)NC(C)O)C1CC(F)(F)N1. The molecule has 1 aliphatic heterocycles. The van der Waals surface area contributed by atoms with E-state index in [1.54, 1.807) is 25.2 Å². The summed E-state index contributed by atoms with van der Waals surface area (Å²) in [6, 6.07) is -3.60. The number of halogens is 2. The summed E-state index contributed by atoms with van der Waals surface area (Å²) >= 11 is 0. The van der Waals surface area contributed by atoms with Crippen molar-refractivity contribution < 1.29 is 18.7 Å². The van der Waals surface area contributed by atoms with Gasteiger partial charge in [-0.25, -0.2) is 5.32 Å². The summed E-state index contributed by atoms with van der Waals surface area (Å²) in [5.74, 6) is -0.346. The molecule has 1 aliphatic rings. The molecule has 0 radical (unpaired) electrons. The second-order valence-corrected chi connectivity index (χ2v) is 5.46. The topological polar surface area (TPSA) is 64.6 Å². The number of hydrogen-bond donors (Lipinski definition) is 3. The number of amides is 1. The molecule has 3 atom stereocenters. The lowest BCUT2D eigenvalue weighted by atomic mass is 10.1. The Kier molecular flexibility index (Phi) is 7.54. The Morgan fingerprint density at radius 1 is 1.39 bits per heavy atom. The van der Waals surface area contributed by atoms with Crippen molar-refractivity contribution in [2.24, 2.45) is 0 Å². The molecule has 23 heavy (non-hydrogen) atoms. The van der Waals surface area contributed by atoms with Crippen molar-refractivity contribution in [2.45, 2.75) is 51.7 Å². The molecular weight excluding hydrogens is 304 g/mol. The Hall–Kier alpha value is -1.57. The van der Waals surface area contributed by atoms with Gasteiger partial charge in [0.1, 0.15) is 6.23 Å². The zero-order valence-corrected chi connectivity index (χ0v) is 13.7. The highest BCUT2D eigenvalue weighted by molar-refractivity contribution is 5.82. The Morgan fingerprint density at radius 2 is 2.00 bits per heavy atom. The third-order valence-corrected chi connectivity index (χ3v) is 3.31. The largest absolute Gasteiger partial charge is 0.379 e. The summed E-state index contributed by atoms with van der Waals surface area (Å²) in [6.07, 6.45) is 8.86. The third kappa shape index (κ3) is 6.60. The zero-order chi connectivity index (χ0) is 17.5. The number of carbonyl (C=O) groups excluding carboxylic acids is 1. The molecule has 0 aromatic carbocycles. The molecule has 3 N–H and O–H groups in total. The van der Waals surface area contributed by atoms with Crippen LogP contribution >= 0.6 is 0 Å². The van der Waals surface area contributed by atoms with Crippen LogP contribution in [-0.4, -0.2) is 46.9 Å². The average molecular weight is 329 g/mol. The van der Waals surface area contributed by atoms with Crippen LogP contribution in [0, 0.1) is 0 Å². The predicted molar refractivity (Wildman–Crippen MR) is 85.6 cm³/mol. The predicted octanol–water partition coefficient (Wildman–Crippen LogP) is 1.73. The van der Waals surface area contributed by atoms with Crippen LogP contribution in [0.3, 0.4) is 0 Å². The zero-order valence-electron chi connectivity index (χ0n) is 13.7. The highest BCUT2D eigenvalue weighted by Crippen LogP contribution is 2.29. The van der Waals surface area contributed by atoms with Gasteiger partial charge in [-0.2, -0.15) is 8.78 Å². The minimum Gasteiger partial charge on any atom is -0.379 e. The second kappa shape index (κ2) is 8.90. The van der Waals surface area contributed by atoms with Crippen LogP contribution in [0.5, 0.6) is 0 Å². The number of rotatable bonds is 8. The van der Waals surface area contributed by atoms with E-state index >= 15 is 0 Å². The molecule has 3 unspecified atom stereocenters. The van der Waals surface area contributed by atoms with Gasteiger partial charge >= 0.3 is 6.05 Å². The molecule has 5 nitrogen and oxygen atoms in total. The lowest BCUT2D eigenvalue weighted by Gasteiger charge is -2.44. The first-order valence-electron chi connectivity index (χ1n) is 7.61. The molecule has 1 heterocycles. The number of carbonyl (C=O) groups is 1. The lowest BCUT2D eigenvalue weighted by Crippen LogP contribution is -2.67. The van der Waals surface area contributed by atoms with E-state index in [0.29, 0.717) is 0 Å². The number of hydrogen-bond acceptors (Lipinski definition) is 4. The first-order chi connectivity index (χ1) is 10.8. The van der Waals surface area contributed by atoms with E-state index in [-0.39, 0.29) is 12.5 Å². The summed E-state index contributed by atoms with van der Waals surface area (Å²) in [5, 5.41) is 14.1. The molecule has 7 heteroatoms. The number of allylic oxidation sites excluding steroid dienone is 5. The van der Waals surface area contributed by atoms with E-state index in [0.717, 1.165) is 0 Å². The van der Waals surface area contributed by atoms with Gasteiger partial charge in [0.15, 0.2) is 0 Å². The minimum absolute atomic E-state index is 0.207. The van der Waals surface area contributed by atoms with Crippen molar-refractivity contribution in [1.82, 2.24) is 15.5 Å². The average Bonchev–Trinajstić information content (AvgIpc) is 2.42. The number of nitrogens with one attached hydrogen (secondary N) is 2. The van der Waals surface area contributed by atoms with Gasteiger partial charge in [-0.15, -0.1) is 0 Å². The lowest BCUT2D eigenvalue weighted by molar-refractivity contribution is -0.172. The Labute approximate surface area is 135 Å². The molecule has 130 valence electrons. The third-order valence-electron chi connectivity index (χ3n) is 3.31. The van der Waals surface area contributed by atoms with Crippen molar-refractivity contribution in [2.75, 3.05) is 6.54 Å². The van der Waals surface area contributed by atoms with Gasteiger partial charge in [-0.3, -0.25) is 10.1 Å². The summed E-state index contributed by atoms with van der Waals surface area (Å²) in [5.41, 5.74) is 0. The molecule has 0 saturated carbocycles. The van der Waals surface area contributed by atoms with Crippen molar-refractivity contribution in [1.29, 1.82) is 0 Å². The maximum absolute atomic E-state index is 13.0. The molecule has 1 rings (SSSR count). The monoisotopic (exact) mass is 329 g/mol. The minimum atomic E-state index is -2.93. The fourth-order valence-electron chi connectivity index (χ4n) is 2.20. The summed E-state index contributed by atoms with van der Waals surface area (Å²) in [7, 11) is 0. The van der Waals surface area contributed by atoms with Crippen LogP contribution in [0.2, 0.25) is 0 Å². The number of aliphatic hydroxyl groups is 1. The van der Waals surface area contributed by atoms with Crippen LogP contribution in [0.15, 0.2) is 36.5 Å². The van der Waals surface area contributed by atoms with Gasteiger partial charge in [0, 0.05) is 6.54 Å². The highest BCUT2D eigenvalue weighted by atomic mass is 19.3. The van der Waals surface area contributed by atoms with E-state index < -0.39 is 30.9 Å². The van der Waals surface area contributed by atoms with Gasteiger partial charge in [-0.05, 0) is 20.8 Å². The van der Waals surface area contributed by atoms with E-state index in [1.807, 2.05) is 25.2 Å². The standard InChI is InChI=1S/C16H25F2N3O2/c1-4-5-6-7-8-9-10-21(14-11-16(17,18)20-14)15(23)12(2)19-13(3)22/h4-9,12-14,19-20,22H,10-11H2,1-3H3/b5-4-,7-6-,9-8+. The molecule has 1 amide bonds. The normalized spacial score (nSPS) is 23.3. The van der Waals surface area contributed by atoms with Crippen molar-refractivity contribution in [3.8, 4) is 0 Å². The van der Waals surface area contributed by atoms with Gasteiger partial charge in [-0.1, -0.05) is 36.5 Å². The number of alkyl halides is 2. The van der Waals surface area contributed by atoms with Gasteiger partial charge < -0.3 is 10.0 Å². The second-order valence-electron chi connectivity index (χ2n) is 5.46. The van der Waals surface area contributed by atoms with E-state index in [4.69, 9.17) is 0 Å². The molecule has 0 aromatic rings. The Bertz CT molecular complexity index is 468. The van der Waals surface area contributed by atoms with Crippen molar-refractivity contribution >= 4 is 5.91 Å². The fourth-order valence-corrected chi connectivity index (χ4v) is 2.20. The first-order valence-corrected chi connectivity index (χ1v) is 7.61. The quantitative estimate of drug-likeness (QED) is 0.360. The highest BCUT2D eigenvalue weighted by Gasteiger charge is 2.48.